The van der Waals surface area contributed by atoms with E-state index in [2.05, 4.69) is 4.72 Å². The summed E-state index contributed by atoms with van der Waals surface area (Å²) in [7, 11) is -3.47. The van der Waals surface area contributed by atoms with Crippen molar-refractivity contribution in [2.75, 3.05) is 12.3 Å². The molecule has 0 spiro atoms. The molecule has 1 saturated carbocycles. The first-order chi connectivity index (χ1) is 8.47. The Hall–Kier alpha value is -1.11. The highest BCUT2D eigenvalue weighted by molar-refractivity contribution is 7.89. The molecule has 0 bridgehead atoms. The van der Waals surface area contributed by atoms with Crippen molar-refractivity contribution in [2.24, 2.45) is 5.92 Å². The van der Waals surface area contributed by atoms with Gasteiger partial charge < -0.3 is 10.8 Å². The van der Waals surface area contributed by atoms with Gasteiger partial charge in [-0.1, -0.05) is 0 Å². The fourth-order valence-corrected chi connectivity index (χ4v) is 3.31. The number of aliphatic hydroxyl groups is 1. The molecule has 1 aliphatic carbocycles. The lowest BCUT2D eigenvalue weighted by Crippen LogP contribution is -2.28. The molecule has 0 saturated heterocycles. The van der Waals surface area contributed by atoms with Gasteiger partial charge in [0.2, 0.25) is 10.0 Å². The third-order valence-electron chi connectivity index (χ3n) is 3.27. The van der Waals surface area contributed by atoms with Crippen LogP contribution in [0.4, 0.5) is 5.69 Å². The van der Waals surface area contributed by atoms with Gasteiger partial charge in [-0.25, -0.2) is 13.1 Å². The van der Waals surface area contributed by atoms with Gasteiger partial charge in [-0.05, 0) is 49.4 Å². The zero-order valence-corrected chi connectivity index (χ0v) is 10.9. The van der Waals surface area contributed by atoms with E-state index in [0.717, 1.165) is 12.8 Å². The standard InChI is InChI=1S/C12H18N2O3S/c13-10-2-5-12(6-3-10)18(16,17)14-8-9-1-4-11(15)7-9/h2-3,5-6,9,11,14-15H,1,4,7-8,13H2. The zero-order chi connectivity index (χ0) is 13.2. The summed E-state index contributed by atoms with van der Waals surface area (Å²) in [5.41, 5.74) is 6.05. The number of rotatable bonds is 4. The summed E-state index contributed by atoms with van der Waals surface area (Å²) in [6, 6.07) is 6.10. The highest BCUT2D eigenvalue weighted by Crippen LogP contribution is 2.25. The Bertz CT molecular complexity index is 499. The Morgan fingerprint density at radius 3 is 2.50 bits per heavy atom. The highest BCUT2D eigenvalue weighted by atomic mass is 32.2. The maximum absolute atomic E-state index is 12.0. The van der Waals surface area contributed by atoms with E-state index in [1.165, 1.54) is 12.1 Å². The van der Waals surface area contributed by atoms with Gasteiger partial charge >= 0.3 is 0 Å². The molecule has 1 aromatic carbocycles. The molecule has 2 unspecified atom stereocenters. The van der Waals surface area contributed by atoms with Gasteiger partial charge in [-0.15, -0.1) is 0 Å². The van der Waals surface area contributed by atoms with Gasteiger partial charge in [0.25, 0.3) is 0 Å². The van der Waals surface area contributed by atoms with Gasteiger partial charge in [-0.2, -0.15) is 0 Å². The van der Waals surface area contributed by atoms with Crippen molar-refractivity contribution in [3.63, 3.8) is 0 Å². The Morgan fingerprint density at radius 2 is 1.94 bits per heavy atom. The molecule has 0 amide bonds. The Morgan fingerprint density at radius 1 is 1.28 bits per heavy atom. The third-order valence-corrected chi connectivity index (χ3v) is 4.71. The van der Waals surface area contributed by atoms with Crippen LogP contribution in [0.1, 0.15) is 19.3 Å². The summed E-state index contributed by atoms with van der Waals surface area (Å²) in [6.45, 7) is 0.379. The molecule has 1 aromatic rings. The van der Waals surface area contributed by atoms with Crippen LogP contribution in [0.2, 0.25) is 0 Å². The lowest BCUT2D eigenvalue weighted by molar-refractivity contribution is 0.178. The van der Waals surface area contributed by atoms with Crippen LogP contribution >= 0.6 is 0 Å². The maximum Gasteiger partial charge on any atom is 0.240 e. The van der Waals surface area contributed by atoms with E-state index >= 15 is 0 Å². The van der Waals surface area contributed by atoms with E-state index in [1.54, 1.807) is 12.1 Å². The first kappa shape index (κ1) is 13.3. The Balaban J connectivity index is 1.97. The van der Waals surface area contributed by atoms with Crippen molar-refractivity contribution in [3.05, 3.63) is 24.3 Å². The van der Waals surface area contributed by atoms with Crippen LogP contribution in [-0.2, 0) is 10.0 Å². The molecule has 5 nitrogen and oxygen atoms in total. The van der Waals surface area contributed by atoms with Crippen LogP contribution in [-0.4, -0.2) is 26.2 Å². The average molecular weight is 270 g/mol. The predicted molar refractivity (Wildman–Crippen MR) is 69.4 cm³/mol. The molecular formula is C12H18N2O3S. The van der Waals surface area contributed by atoms with Crippen molar-refractivity contribution in [1.29, 1.82) is 0 Å². The van der Waals surface area contributed by atoms with Crippen LogP contribution in [0, 0.1) is 5.92 Å². The van der Waals surface area contributed by atoms with E-state index < -0.39 is 10.0 Å². The van der Waals surface area contributed by atoms with Gasteiger partial charge in [-0.3, -0.25) is 0 Å². The van der Waals surface area contributed by atoms with Gasteiger partial charge in [0.15, 0.2) is 0 Å². The number of nitrogens with one attached hydrogen (secondary N) is 1. The summed E-state index contributed by atoms with van der Waals surface area (Å²) >= 11 is 0. The number of nitrogens with two attached hydrogens (primary N) is 1. The summed E-state index contributed by atoms with van der Waals surface area (Å²) in [5.74, 6) is 0.226. The quantitative estimate of drug-likeness (QED) is 0.702. The smallest absolute Gasteiger partial charge is 0.240 e. The van der Waals surface area contributed by atoms with E-state index in [9.17, 15) is 13.5 Å². The number of benzene rings is 1. The molecule has 6 heteroatoms. The molecule has 1 fully saturated rings. The second-order valence-electron chi connectivity index (χ2n) is 4.75. The van der Waals surface area contributed by atoms with Crippen LogP contribution in [0.5, 0.6) is 0 Å². The van der Waals surface area contributed by atoms with E-state index in [-0.39, 0.29) is 16.9 Å². The number of hydrogen-bond acceptors (Lipinski definition) is 4. The monoisotopic (exact) mass is 270 g/mol. The topological polar surface area (TPSA) is 92.4 Å². The number of nitrogen functional groups attached to an aromatic ring is 1. The molecule has 100 valence electrons. The maximum atomic E-state index is 12.0. The Labute approximate surface area is 107 Å². The minimum atomic E-state index is -3.47. The molecule has 0 aromatic heterocycles. The van der Waals surface area contributed by atoms with Gasteiger partial charge in [0.1, 0.15) is 0 Å². The van der Waals surface area contributed by atoms with Crippen LogP contribution < -0.4 is 10.5 Å². The first-order valence-electron chi connectivity index (χ1n) is 6.00. The molecule has 18 heavy (non-hydrogen) atoms. The fourth-order valence-electron chi connectivity index (χ4n) is 2.19. The SMILES string of the molecule is Nc1ccc(S(=O)(=O)NCC2CCC(O)C2)cc1. The minimum absolute atomic E-state index is 0.218. The average Bonchev–Trinajstić information content (AvgIpc) is 2.73. The summed E-state index contributed by atoms with van der Waals surface area (Å²) in [5, 5.41) is 9.39. The fraction of sp³-hybridized carbons (Fsp3) is 0.500. The predicted octanol–water partition coefficient (Wildman–Crippen LogP) is 0.708. The molecule has 0 aliphatic heterocycles. The lowest BCUT2D eigenvalue weighted by Gasteiger charge is -2.11. The number of sulfonamides is 1. The molecule has 1 aliphatic rings. The number of aliphatic hydroxyl groups excluding tert-OH is 1. The van der Waals surface area contributed by atoms with Crippen LogP contribution in [0.25, 0.3) is 0 Å². The van der Waals surface area contributed by atoms with Crippen molar-refractivity contribution in [2.45, 2.75) is 30.3 Å². The van der Waals surface area contributed by atoms with E-state index in [4.69, 9.17) is 5.73 Å². The minimum Gasteiger partial charge on any atom is -0.399 e. The zero-order valence-electron chi connectivity index (χ0n) is 10.0. The van der Waals surface area contributed by atoms with Gasteiger partial charge in [0, 0.05) is 12.2 Å². The number of hydrogen-bond donors (Lipinski definition) is 3. The molecule has 0 radical (unpaired) electrons. The van der Waals surface area contributed by atoms with Crippen molar-refractivity contribution in [1.82, 2.24) is 4.72 Å². The first-order valence-corrected chi connectivity index (χ1v) is 7.49. The second-order valence-corrected chi connectivity index (χ2v) is 6.52. The highest BCUT2D eigenvalue weighted by Gasteiger charge is 2.24. The van der Waals surface area contributed by atoms with E-state index in [0.29, 0.717) is 18.7 Å². The second kappa shape index (κ2) is 5.26. The molecule has 2 atom stereocenters. The summed E-state index contributed by atoms with van der Waals surface area (Å²) in [6.07, 6.45) is 2.01. The van der Waals surface area contributed by atoms with E-state index in [1.807, 2.05) is 0 Å². The van der Waals surface area contributed by atoms with Gasteiger partial charge in [0.05, 0.1) is 11.0 Å². The summed E-state index contributed by atoms with van der Waals surface area (Å²) < 4.78 is 26.5. The molecule has 4 N–H and O–H groups in total. The summed E-state index contributed by atoms with van der Waals surface area (Å²) in [4.78, 5) is 0.218. The third kappa shape index (κ3) is 3.22. The molecular weight excluding hydrogens is 252 g/mol. The number of anilines is 1. The van der Waals surface area contributed by atoms with Crippen molar-refractivity contribution in [3.8, 4) is 0 Å². The largest absolute Gasteiger partial charge is 0.399 e. The molecule has 0 heterocycles. The normalized spacial score (nSPS) is 24.3. The Kier molecular flexibility index (Phi) is 3.89. The molecule has 2 rings (SSSR count). The van der Waals surface area contributed by atoms with Crippen molar-refractivity contribution < 1.29 is 13.5 Å². The van der Waals surface area contributed by atoms with Crippen LogP contribution in [0.15, 0.2) is 29.2 Å². The van der Waals surface area contributed by atoms with Crippen LogP contribution in [0.3, 0.4) is 0 Å². The van der Waals surface area contributed by atoms with Crippen molar-refractivity contribution >= 4 is 15.7 Å². The lowest BCUT2D eigenvalue weighted by atomic mass is 10.1.